The lowest BCUT2D eigenvalue weighted by atomic mass is 9.95. The second-order valence-electron chi connectivity index (χ2n) is 9.76. The topological polar surface area (TPSA) is 45.6 Å². The molecule has 0 aromatic carbocycles. The van der Waals surface area contributed by atoms with Crippen molar-refractivity contribution in [3.8, 4) is 0 Å². The fraction of sp³-hybridized carbons (Fsp3) is 0.615. The third-order valence-electron chi connectivity index (χ3n) is 7.74. The molecule has 0 unspecified atom stereocenters. The molecule has 3 aliphatic rings. The van der Waals surface area contributed by atoms with Crippen molar-refractivity contribution in [3.63, 3.8) is 0 Å². The predicted octanol–water partition coefficient (Wildman–Crippen LogP) is 4.14. The highest BCUT2D eigenvalue weighted by atomic mass is 32.1. The van der Waals surface area contributed by atoms with E-state index in [9.17, 15) is 0 Å². The first-order chi connectivity index (χ1) is 16.1. The molecule has 0 bridgehead atoms. The molecule has 3 fully saturated rings. The van der Waals surface area contributed by atoms with Gasteiger partial charge >= 0.3 is 0 Å². The van der Waals surface area contributed by atoms with Crippen molar-refractivity contribution in [3.05, 3.63) is 53.1 Å². The zero-order chi connectivity index (χ0) is 22.8. The molecule has 6 nitrogen and oxygen atoms in total. The van der Waals surface area contributed by atoms with Crippen LogP contribution in [0.4, 0.5) is 0 Å². The Hall–Kier alpha value is -1.96. The van der Waals surface area contributed by atoms with Crippen molar-refractivity contribution in [2.45, 2.75) is 70.6 Å². The third kappa shape index (κ3) is 4.68. The lowest BCUT2D eigenvalue weighted by Crippen LogP contribution is -2.37. The van der Waals surface area contributed by atoms with Crippen LogP contribution in [0.5, 0.6) is 0 Å². The summed E-state index contributed by atoms with van der Waals surface area (Å²) < 4.78 is 8.01. The molecule has 178 valence electrons. The highest BCUT2D eigenvalue weighted by molar-refractivity contribution is 7.80. The first-order valence-corrected chi connectivity index (χ1v) is 13.0. The number of hydrogen-bond acceptors (Lipinski definition) is 4. The van der Waals surface area contributed by atoms with Crippen molar-refractivity contribution in [1.82, 2.24) is 24.7 Å². The first kappa shape index (κ1) is 22.8. The molecule has 1 saturated carbocycles. The minimum atomic E-state index is 0.0848. The monoisotopic (exact) mass is 467 g/mol. The number of aromatic nitrogens is 2. The molecule has 2 atom stereocenters. The number of aryl methyl sites for hydroxylation is 1. The molecule has 2 saturated heterocycles. The number of nitrogens with one attached hydrogen (secondary N) is 1. The van der Waals surface area contributed by atoms with E-state index >= 15 is 0 Å². The Morgan fingerprint density at radius 1 is 1.12 bits per heavy atom. The molecule has 5 rings (SSSR count). The van der Waals surface area contributed by atoms with Gasteiger partial charge in [-0.05, 0) is 69.1 Å². The van der Waals surface area contributed by atoms with Gasteiger partial charge in [0.2, 0.25) is 0 Å². The smallest absolute Gasteiger partial charge is 0.170 e. The molecule has 4 heterocycles. The Balaban J connectivity index is 1.41. The van der Waals surface area contributed by atoms with E-state index < -0.39 is 0 Å². The van der Waals surface area contributed by atoms with Gasteiger partial charge in [-0.3, -0.25) is 9.88 Å². The minimum Gasteiger partial charge on any atom is -0.379 e. The van der Waals surface area contributed by atoms with Crippen LogP contribution < -0.4 is 5.32 Å². The van der Waals surface area contributed by atoms with Crippen molar-refractivity contribution >= 4 is 17.3 Å². The normalized spacial score (nSPS) is 24.5. The standard InChI is InChI=1S/C26H37N5OS/c1-19-18-22(20(2)30(19)13-7-12-29-14-16-32-17-15-29)25-24(23-10-5-6-11-27-23)28-26(33)31(25)21-8-3-4-9-21/h5-6,10-11,18,21,24-25H,3-4,7-9,12-17H2,1-2H3,(H,28,33)/t24-,25+/m0/s1. The number of ether oxygens (including phenoxy) is 1. The zero-order valence-electron chi connectivity index (χ0n) is 20.0. The van der Waals surface area contributed by atoms with Gasteiger partial charge in [0, 0.05) is 49.8 Å². The van der Waals surface area contributed by atoms with Crippen molar-refractivity contribution < 1.29 is 4.74 Å². The fourth-order valence-corrected chi connectivity index (χ4v) is 6.41. The molecule has 2 aromatic rings. The second-order valence-corrected chi connectivity index (χ2v) is 10.1. The molecule has 33 heavy (non-hydrogen) atoms. The molecule has 1 N–H and O–H groups in total. The van der Waals surface area contributed by atoms with Crippen LogP contribution in [0.15, 0.2) is 30.5 Å². The number of pyridine rings is 1. The number of hydrogen-bond donors (Lipinski definition) is 1. The summed E-state index contributed by atoms with van der Waals surface area (Å²) >= 11 is 5.92. The summed E-state index contributed by atoms with van der Waals surface area (Å²) in [7, 11) is 0. The molecule has 1 aliphatic carbocycles. The first-order valence-electron chi connectivity index (χ1n) is 12.6. The summed E-state index contributed by atoms with van der Waals surface area (Å²) in [5.41, 5.74) is 5.18. The summed E-state index contributed by atoms with van der Waals surface area (Å²) in [5, 5.41) is 4.54. The fourth-order valence-electron chi connectivity index (χ4n) is 6.02. The maximum atomic E-state index is 5.92. The van der Waals surface area contributed by atoms with Crippen molar-refractivity contribution in [2.75, 3.05) is 32.8 Å². The van der Waals surface area contributed by atoms with Crippen LogP contribution in [-0.2, 0) is 11.3 Å². The maximum Gasteiger partial charge on any atom is 0.170 e. The van der Waals surface area contributed by atoms with Crippen LogP contribution in [0, 0.1) is 13.8 Å². The van der Waals surface area contributed by atoms with Gasteiger partial charge in [0.25, 0.3) is 0 Å². The molecule has 0 radical (unpaired) electrons. The van der Waals surface area contributed by atoms with Gasteiger partial charge in [0.15, 0.2) is 5.11 Å². The summed E-state index contributed by atoms with van der Waals surface area (Å²) in [6.07, 6.45) is 8.10. The molecule has 0 spiro atoms. The molecular formula is C26H37N5OS. The molecular weight excluding hydrogens is 430 g/mol. The zero-order valence-corrected chi connectivity index (χ0v) is 20.8. The van der Waals surface area contributed by atoms with Crippen LogP contribution in [0.1, 0.15) is 66.8 Å². The maximum absolute atomic E-state index is 5.92. The van der Waals surface area contributed by atoms with E-state index in [0.717, 1.165) is 56.6 Å². The SMILES string of the molecule is Cc1cc([C@@H]2[C@H](c3ccccn3)NC(=S)N2C2CCCC2)c(C)n1CCCN1CCOCC1. The van der Waals surface area contributed by atoms with Gasteiger partial charge in [0.05, 0.1) is 31.0 Å². The third-order valence-corrected chi connectivity index (χ3v) is 8.07. The number of nitrogens with zero attached hydrogens (tertiary/aromatic N) is 4. The van der Waals surface area contributed by atoms with Gasteiger partial charge in [-0.15, -0.1) is 0 Å². The number of thiocarbonyl (C=S) groups is 1. The van der Waals surface area contributed by atoms with E-state index in [1.165, 1.54) is 42.6 Å². The van der Waals surface area contributed by atoms with E-state index in [2.05, 4.69) is 51.7 Å². The van der Waals surface area contributed by atoms with Gasteiger partial charge < -0.3 is 19.5 Å². The minimum absolute atomic E-state index is 0.0848. The van der Waals surface area contributed by atoms with Gasteiger partial charge in [-0.25, -0.2) is 0 Å². The van der Waals surface area contributed by atoms with Crippen LogP contribution >= 0.6 is 12.2 Å². The largest absolute Gasteiger partial charge is 0.379 e. The highest BCUT2D eigenvalue weighted by Crippen LogP contribution is 2.44. The predicted molar refractivity (Wildman–Crippen MR) is 135 cm³/mol. The van der Waals surface area contributed by atoms with Crippen molar-refractivity contribution in [2.24, 2.45) is 0 Å². The lowest BCUT2D eigenvalue weighted by Gasteiger charge is -2.33. The lowest BCUT2D eigenvalue weighted by molar-refractivity contribution is 0.0369. The summed E-state index contributed by atoms with van der Waals surface area (Å²) in [4.78, 5) is 9.76. The van der Waals surface area contributed by atoms with E-state index in [1.54, 1.807) is 0 Å². The molecule has 2 aromatic heterocycles. The quantitative estimate of drug-likeness (QED) is 0.618. The summed E-state index contributed by atoms with van der Waals surface area (Å²) in [5.74, 6) is 0. The van der Waals surface area contributed by atoms with E-state index in [4.69, 9.17) is 21.9 Å². The van der Waals surface area contributed by atoms with Crippen LogP contribution in [-0.4, -0.2) is 63.4 Å². The van der Waals surface area contributed by atoms with E-state index in [-0.39, 0.29) is 12.1 Å². The number of rotatable bonds is 7. The van der Waals surface area contributed by atoms with Crippen molar-refractivity contribution in [1.29, 1.82) is 0 Å². The molecule has 7 heteroatoms. The van der Waals surface area contributed by atoms with Crippen LogP contribution in [0.25, 0.3) is 0 Å². The Bertz CT molecular complexity index is 949. The van der Waals surface area contributed by atoms with Crippen LogP contribution in [0.3, 0.4) is 0 Å². The van der Waals surface area contributed by atoms with Gasteiger partial charge in [-0.1, -0.05) is 18.9 Å². The average Bonchev–Trinajstić information content (AvgIpc) is 3.54. The Morgan fingerprint density at radius 2 is 1.91 bits per heavy atom. The molecule has 0 amide bonds. The molecule has 2 aliphatic heterocycles. The van der Waals surface area contributed by atoms with Gasteiger partial charge in [0.1, 0.15) is 0 Å². The highest BCUT2D eigenvalue weighted by Gasteiger charge is 2.44. The summed E-state index contributed by atoms with van der Waals surface area (Å²) in [6.45, 7) is 10.6. The van der Waals surface area contributed by atoms with E-state index in [0.29, 0.717) is 6.04 Å². The second kappa shape index (κ2) is 10.1. The number of morpholine rings is 1. The van der Waals surface area contributed by atoms with E-state index in [1.807, 2.05) is 12.3 Å². The van der Waals surface area contributed by atoms with Crippen LogP contribution in [0.2, 0.25) is 0 Å². The Morgan fingerprint density at radius 3 is 2.64 bits per heavy atom. The summed E-state index contributed by atoms with van der Waals surface area (Å²) in [6, 6.07) is 9.40. The Labute approximate surface area is 203 Å². The average molecular weight is 468 g/mol. The Kier molecular flexibility index (Phi) is 6.99. The van der Waals surface area contributed by atoms with Gasteiger partial charge in [-0.2, -0.15) is 0 Å².